The molecule has 1 saturated heterocycles. The summed E-state index contributed by atoms with van der Waals surface area (Å²) in [7, 11) is 6.49. The van der Waals surface area contributed by atoms with Crippen LogP contribution >= 0.6 is 0 Å². The molecule has 13 nitrogen and oxygen atoms in total. The van der Waals surface area contributed by atoms with Gasteiger partial charge in [-0.2, -0.15) is 0 Å². The van der Waals surface area contributed by atoms with Crippen molar-refractivity contribution < 1.29 is 38.2 Å². The summed E-state index contributed by atoms with van der Waals surface area (Å²) in [6.07, 6.45) is 1.03. The van der Waals surface area contributed by atoms with E-state index in [0.29, 0.717) is 13.0 Å². The molecule has 55 heavy (non-hydrogen) atoms. The predicted molar refractivity (Wildman–Crippen MR) is 214 cm³/mol. The molecule has 0 radical (unpaired) electrons. The summed E-state index contributed by atoms with van der Waals surface area (Å²) in [6, 6.07) is 6.85. The highest BCUT2D eigenvalue weighted by Gasteiger charge is 2.43. The Morgan fingerprint density at radius 2 is 1.56 bits per heavy atom. The predicted octanol–water partition coefficient (Wildman–Crippen LogP) is 4.11. The SMILES string of the molecule is CCC(C)C(C(CC(=O)N1CCC[C@H]1C(OC)C(C)C(=O)NC(Cc1ccccc1)C(=O)OC(C)(C)C)OC)N(C)C(=O)C(NC(=O)C(C)(C)NC)C(C)C. The second kappa shape index (κ2) is 21.1. The van der Waals surface area contributed by atoms with Gasteiger partial charge in [-0.3, -0.25) is 19.2 Å². The highest BCUT2D eigenvalue weighted by Crippen LogP contribution is 2.30. The number of nitrogens with zero attached hydrogens (tertiary/aromatic N) is 2. The molecule has 7 unspecified atom stereocenters. The van der Waals surface area contributed by atoms with Crippen molar-refractivity contribution in [3.63, 3.8) is 0 Å². The van der Waals surface area contributed by atoms with Crippen LogP contribution in [0.25, 0.3) is 0 Å². The topological polar surface area (TPSA) is 156 Å². The number of carbonyl (C=O) groups is 5. The van der Waals surface area contributed by atoms with Gasteiger partial charge in [0.2, 0.25) is 23.6 Å². The molecular weight excluding hydrogens is 702 g/mol. The van der Waals surface area contributed by atoms with Crippen LogP contribution in [0.15, 0.2) is 30.3 Å². The number of likely N-dealkylation sites (tertiary alicyclic amines) is 1. The van der Waals surface area contributed by atoms with Crippen LogP contribution in [0, 0.1) is 17.8 Å². The minimum absolute atomic E-state index is 0.0000772. The van der Waals surface area contributed by atoms with E-state index in [1.165, 1.54) is 7.11 Å². The minimum atomic E-state index is -0.923. The standard InChI is InChI=1S/C42H71N5O8/c1-15-27(4)35(46(12)38(50)34(26(2)3)45-40(52)42(9,10)43-11)32(53-13)25-33(48)47-23-19-22-31(47)36(54-14)28(5)37(49)44-30(39(51)55-41(6,7)8)24-29-20-17-16-18-21-29/h16-18,20-21,26-28,30-32,34-36,43H,15,19,22-25H2,1-14H3,(H,44,49)(H,45,52)/t27?,28?,30?,31-,32?,34?,35?,36?/m0/s1. The first-order valence-corrected chi connectivity index (χ1v) is 19.8. The van der Waals surface area contributed by atoms with E-state index in [1.54, 1.807) is 72.5 Å². The summed E-state index contributed by atoms with van der Waals surface area (Å²) >= 11 is 0. The average Bonchev–Trinajstić information content (AvgIpc) is 3.62. The van der Waals surface area contributed by atoms with Gasteiger partial charge < -0.3 is 40.0 Å². The number of likely N-dealkylation sites (N-methyl/N-ethyl adjacent to an activating group) is 2. The molecule has 1 fully saturated rings. The first-order valence-electron chi connectivity index (χ1n) is 19.8. The van der Waals surface area contributed by atoms with E-state index >= 15 is 0 Å². The second-order valence-electron chi connectivity index (χ2n) is 16.9. The molecule has 0 aromatic heterocycles. The van der Waals surface area contributed by atoms with Crippen molar-refractivity contribution in [2.24, 2.45) is 17.8 Å². The summed E-state index contributed by atoms with van der Waals surface area (Å²) in [5.41, 5.74) is -0.746. The van der Waals surface area contributed by atoms with Gasteiger partial charge in [0.1, 0.15) is 17.7 Å². The van der Waals surface area contributed by atoms with Gasteiger partial charge in [0, 0.05) is 34.2 Å². The molecule has 2 rings (SSSR count). The number of benzene rings is 1. The molecule has 1 aromatic carbocycles. The first-order chi connectivity index (χ1) is 25.6. The highest BCUT2D eigenvalue weighted by atomic mass is 16.6. The zero-order chi connectivity index (χ0) is 41.8. The number of nitrogens with one attached hydrogen (secondary N) is 3. The Kier molecular flexibility index (Phi) is 18.3. The van der Waals surface area contributed by atoms with E-state index in [1.807, 2.05) is 58.0 Å². The fourth-order valence-corrected chi connectivity index (χ4v) is 7.19. The minimum Gasteiger partial charge on any atom is -0.458 e. The second-order valence-corrected chi connectivity index (χ2v) is 16.9. The van der Waals surface area contributed by atoms with Crippen LogP contribution in [0.1, 0.15) is 100 Å². The van der Waals surface area contributed by atoms with Crippen LogP contribution < -0.4 is 16.0 Å². The average molecular weight is 774 g/mol. The number of methoxy groups -OCH3 is 2. The van der Waals surface area contributed by atoms with E-state index in [2.05, 4.69) is 16.0 Å². The third kappa shape index (κ3) is 13.3. The van der Waals surface area contributed by atoms with E-state index in [-0.39, 0.29) is 48.3 Å². The van der Waals surface area contributed by atoms with E-state index in [0.717, 1.165) is 18.4 Å². The molecule has 13 heteroatoms. The molecular formula is C42H71N5O8. The van der Waals surface area contributed by atoms with Crippen molar-refractivity contribution in [1.29, 1.82) is 0 Å². The number of amides is 4. The molecule has 1 heterocycles. The number of hydrogen-bond donors (Lipinski definition) is 3. The largest absolute Gasteiger partial charge is 0.458 e. The van der Waals surface area contributed by atoms with Gasteiger partial charge in [0.15, 0.2) is 0 Å². The van der Waals surface area contributed by atoms with Crippen LogP contribution in [-0.2, 0) is 44.6 Å². The Morgan fingerprint density at radius 3 is 2.07 bits per heavy atom. The lowest BCUT2D eigenvalue weighted by Gasteiger charge is -2.41. The Balaban J connectivity index is 2.31. The van der Waals surface area contributed by atoms with E-state index in [4.69, 9.17) is 14.2 Å². The number of esters is 1. The quantitative estimate of drug-likeness (QED) is 0.166. The van der Waals surface area contributed by atoms with Crippen LogP contribution in [0.2, 0.25) is 0 Å². The number of rotatable bonds is 20. The van der Waals surface area contributed by atoms with Gasteiger partial charge in [-0.1, -0.05) is 71.4 Å². The van der Waals surface area contributed by atoms with Crippen LogP contribution in [0.4, 0.5) is 0 Å². The van der Waals surface area contributed by atoms with Crippen molar-refractivity contribution in [2.75, 3.05) is 34.9 Å². The normalized spacial score (nSPS) is 18.7. The van der Waals surface area contributed by atoms with Gasteiger partial charge in [0.05, 0.1) is 42.2 Å². The zero-order valence-corrected chi connectivity index (χ0v) is 36.0. The zero-order valence-electron chi connectivity index (χ0n) is 36.0. The molecule has 0 bridgehead atoms. The summed E-state index contributed by atoms with van der Waals surface area (Å²) in [4.78, 5) is 72.0. The molecule has 8 atom stereocenters. The molecule has 312 valence electrons. The number of hydrogen-bond acceptors (Lipinski definition) is 9. The fourth-order valence-electron chi connectivity index (χ4n) is 7.19. The lowest BCUT2D eigenvalue weighted by Crippen LogP contribution is -2.61. The van der Waals surface area contributed by atoms with Gasteiger partial charge >= 0.3 is 5.97 Å². The smallest absolute Gasteiger partial charge is 0.329 e. The monoisotopic (exact) mass is 774 g/mol. The van der Waals surface area contributed by atoms with Crippen molar-refractivity contribution in [3.8, 4) is 0 Å². The van der Waals surface area contributed by atoms with Crippen molar-refractivity contribution in [1.82, 2.24) is 25.8 Å². The van der Waals surface area contributed by atoms with E-state index in [9.17, 15) is 24.0 Å². The third-order valence-electron chi connectivity index (χ3n) is 11.0. The Bertz CT molecular complexity index is 1410. The van der Waals surface area contributed by atoms with Gasteiger partial charge in [-0.05, 0) is 71.9 Å². The lowest BCUT2D eigenvalue weighted by atomic mass is 9.89. The summed E-state index contributed by atoms with van der Waals surface area (Å²) < 4.78 is 17.6. The summed E-state index contributed by atoms with van der Waals surface area (Å²) in [6.45, 7) is 18.9. The number of ether oxygens (including phenoxy) is 3. The summed E-state index contributed by atoms with van der Waals surface area (Å²) in [5.74, 6) is -2.57. The van der Waals surface area contributed by atoms with Gasteiger partial charge in [-0.15, -0.1) is 0 Å². The van der Waals surface area contributed by atoms with Crippen molar-refractivity contribution >= 4 is 29.6 Å². The van der Waals surface area contributed by atoms with E-state index < -0.39 is 59.4 Å². The van der Waals surface area contributed by atoms with Gasteiger partial charge in [-0.25, -0.2) is 4.79 Å². The molecule has 4 amide bonds. The maximum absolute atomic E-state index is 14.2. The molecule has 3 N–H and O–H groups in total. The van der Waals surface area contributed by atoms with Crippen molar-refractivity contribution in [2.45, 2.75) is 149 Å². The summed E-state index contributed by atoms with van der Waals surface area (Å²) in [5, 5.41) is 8.86. The van der Waals surface area contributed by atoms with Crippen molar-refractivity contribution in [3.05, 3.63) is 35.9 Å². The Labute approximate surface area is 330 Å². The van der Waals surface area contributed by atoms with Gasteiger partial charge in [0.25, 0.3) is 0 Å². The maximum atomic E-state index is 14.2. The first kappa shape index (κ1) is 47.6. The van der Waals surface area contributed by atoms with Crippen LogP contribution in [0.5, 0.6) is 0 Å². The molecule has 0 aliphatic carbocycles. The lowest BCUT2D eigenvalue weighted by molar-refractivity contribution is -0.159. The Hall–Kier alpha value is -3.55. The Morgan fingerprint density at radius 1 is 0.945 bits per heavy atom. The van der Waals surface area contributed by atoms with Crippen LogP contribution in [-0.4, -0.2) is 122 Å². The molecule has 1 aliphatic rings. The maximum Gasteiger partial charge on any atom is 0.329 e. The molecule has 1 aliphatic heterocycles. The van der Waals surface area contributed by atoms with Crippen LogP contribution in [0.3, 0.4) is 0 Å². The number of carbonyl (C=O) groups excluding carboxylic acids is 5. The highest BCUT2D eigenvalue weighted by molar-refractivity contribution is 5.92. The molecule has 0 spiro atoms. The molecule has 0 saturated carbocycles. The molecule has 1 aromatic rings. The fraction of sp³-hybridized carbons (Fsp3) is 0.738. The third-order valence-corrected chi connectivity index (χ3v) is 11.0.